The number of halogens is 2. The second-order valence-electron chi connectivity index (χ2n) is 4.36. The first-order valence-electron chi connectivity index (χ1n) is 5.56. The Labute approximate surface area is 116 Å². The van der Waals surface area contributed by atoms with Crippen LogP contribution in [0.5, 0.6) is 0 Å². The van der Waals surface area contributed by atoms with Gasteiger partial charge in [0.2, 0.25) is 0 Å². The molecule has 2 rings (SSSR count). The van der Waals surface area contributed by atoms with Gasteiger partial charge in [-0.25, -0.2) is 9.18 Å². The summed E-state index contributed by atoms with van der Waals surface area (Å²) in [6, 6.07) is 2.57. The molecule has 19 heavy (non-hydrogen) atoms. The van der Waals surface area contributed by atoms with Crippen LogP contribution in [0.3, 0.4) is 0 Å². The minimum atomic E-state index is -1.18. The van der Waals surface area contributed by atoms with Gasteiger partial charge in [0, 0.05) is 23.0 Å². The maximum atomic E-state index is 13.2. The van der Waals surface area contributed by atoms with Gasteiger partial charge in [-0.05, 0) is 18.2 Å². The van der Waals surface area contributed by atoms with E-state index in [2.05, 4.69) is 15.9 Å². The molecule has 0 spiro atoms. The largest absolute Gasteiger partial charge is 0.480 e. The van der Waals surface area contributed by atoms with Crippen molar-refractivity contribution in [2.24, 2.45) is 0 Å². The van der Waals surface area contributed by atoms with Crippen molar-refractivity contribution in [3.63, 3.8) is 0 Å². The molecule has 0 saturated carbocycles. The number of hydrogen-bond acceptors (Lipinski definition) is 3. The van der Waals surface area contributed by atoms with E-state index >= 15 is 0 Å². The van der Waals surface area contributed by atoms with Crippen molar-refractivity contribution < 1.29 is 24.2 Å². The fourth-order valence-corrected chi connectivity index (χ4v) is 2.58. The zero-order valence-electron chi connectivity index (χ0n) is 9.72. The summed E-state index contributed by atoms with van der Waals surface area (Å²) in [6.45, 7) is -0.0655. The lowest BCUT2D eigenvalue weighted by Crippen LogP contribution is -2.40. The van der Waals surface area contributed by atoms with Gasteiger partial charge in [0.25, 0.3) is 5.91 Å². The number of β-amino-alcohol motifs (C(OH)–C–C–N with tert-alkyl or cyclic N) is 1. The number of amides is 1. The van der Waals surface area contributed by atoms with Gasteiger partial charge >= 0.3 is 5.97 Å². The van der Waals surface area contributed by atoms with E-state index in [4.69, 9.17) is 5.11 Å². The Hall–Kier alpha value is -1.47. The van der Waals surface area contributed by atoms with Crippen LogP contribution in [0.2, 0.25) is 0 Å². The summed E-state index contributed by atoms with van der Waals surface area (Å²) in [5.41, 5.74) is 0.0484. The van der Waals surface area contributed by atoms with Crippen LogP contribution in [-0.4, -0.2) is 45.7 Å². The quantitative estimate of drug-likeness (QED) is 0.854. The number of nitrogens with zero attached hydrogens (tertiary/aromatic N) is 1. The molecule has 1 aromatic carbocycles. The van der Waals surface area contributed by atoms with E-state index in [1.807, 2.05) is 0 Å². The summed E-state index contributed by atoms with van der Waals surface area (Å²) in [4.78, 5) is 24.3. The van der Waals surface area contributed by atoms with E-state index in [1.165, 1.54) is 12.1 Å². The number of carbonyl (C=O) groups excluding carboxylic acids is 1. The summed E-state index contributed by atoms with van der Waals surface area (Å²) in [5, 5.41) is 18.5. The number of benzene rings is 1. The molecule has 1 saturated heterocycles. The molecule has 0 radical (unpaired) electrons. The first-order chi connectivity index (χ1) is 8.88. The minimum Gasteiger partial charge on any atom is -0.480 e. The third kappa shape index (κ3) is 2.93. The molecule has 2 N–H and O–H groups in total. The number of carboxylic acid groups (broad SMARTS) is 1. The standard InChI is InChI=1S/C12H11BrFNO4/c13-7-1-6(2-8(14)3-7)11(17)15-5-9(16)4-10(15)12(18)19/h1-3,9-10,16H,4-5H2,(H,18,19)/t9-,10-/m1/s1. The van der Waals surface area contributed by atoms with Crippen molar-refractivity contribution in [2.45, 2.75) is 18.6 Å². The molecule has 0 bridgehead atoms. The SMILES string of the molecule is O=C(O)[C@H]1C[C@@H](O)CN1C(=O)c1cc(F)cc(Br)c1. The van der Waals surface area contributed by atoms with Gasteiger partial charge in [-0.1, -0.05) is 15.9 Å². The predicted octanol–water partition coefficient (Wildman–Crippen LogP) is 1.25. The average molecular weight is 332 g/mol. The van der Waals surface area contributed by atoms with Crippen molar-refractivity contribution in [3.8, 4) is 0 Å². The Bertz CT molecular complexity index is 516. The van der Waals surface area contributed by atoms with E-state index < -0.39 is 29.8 Å². The molecular formula is C12H11BrFNO4. The maximum Gasteiger partial charge on any atom is 0.326 e. The monoisotopic (exact) mass is 331 g/mol. The second kappa shape index (κ2) is 5.26. The lowest BCUT2D eigenvalue weighted by Gasteiger charge is -2.21. The van der Waals surface area contributed by atoms with Gasteiger partial charge in [-0.15, -0.1) is 0 Å². The summed E-state index contributed by atoms with van der Waals surface area (Å²) >= 11 is 3.07. The van der Waals surface area contributed by atoms with Crippen LogP contribution >= 0.6 is 15.9 Å². The molecule has 0 aliphatic carbocycles. The van der Waals surface area contributed by atoms with Gasteiger partial charge in [0.05, 0.1) is 6.10 Å². The van der Waals surface area contributed by atoms with E-state index in [-0.39, 0.29) is 18.5 Å². The molecule has 2 atom stereocenters. The number of carboxylic acids is 1. The molecule has 1 fully saturated rings. The van der Waals surface area contributed by atoms with Crippen LogP contribution < -0.4 is 0 Å². The molecule has 1 aromatic rings. The van der Waals surface area contributed by atoms with Crippen molar-refractivity contribution in [1.82, 2.24) is 4.90 Å². The topological polar surface area (TPSA) is 77.8 Å². The summed E-state index contributed by atoms with van der Waals surface area (Å²) in [6.07, 6.45) is -0.889. The third-order valence-corrected chi connectivity index (χ3v) is 3.39. The smallest absolute Gasteiger partial charge is 0.326 e. The molecule has 1 aliphatic rings. The van der Waals surface area contributed by atoms with E-state index in [0.29, 0.717) is 4.47 Å². The van der Waals surface area contributed by atoms with Crippen LogP contribution in [0.4, 0.5) is 4.39 Å². The van der Waals surface area contributed by atoms with E-state index in [1.54, 1.807) is 0 Å². The highest BCUT2D eigenvalue weighted by atomic mass is 79.9. The van der Waals surface area contributed by atoms with Crippen LogP contribution in [-0.2, 0) is 4.79 Å². The predicted molar refractivity (Wildman–Crippen MR) is 67.2 cm³/mol. The van der Waals surface area contributed by atoms with E-state index in [0.717, 1.165) is 11.0 Å². The number of hydrogen-bond donors (Lipinski definition) is 2. The number of aliphatic hydroxyl groups excluding tert-OH is 1. The molecule has 1 aliphatic heterocycles. The molecule has 1 heterocycles. The molecule has 5 nitrogen and oxygen atoms in total. The molecule has 102 valence electrons. The van der Waals surface area contributed by atoms with Gasteiger partial charge in [-0.3, -0.25) is 4.79 Å². The second-order valence-corrected chi connectivity index (χ2v) is 5.27. The van der Waals surface area contributed by atoms with Crippen molar-refractivity contribution in [3.05, 3.63) is 34.1 Å². The normalized spacial score (nSPS) is 22.6. The van der Waals surface area contributed by atoms with Gasteiger partial charge in [-0.2, -0.15) is 0 Å². The van der Waals surface area contributed by atoms with E-state index in [9.17, 15) is 19.1 Å². The Morgan fingerprint density at radius 1 is 1.37 bits per heavy atom. The van der Waals surface area contributed by atoms with Crippen LogP contribution in [0.1, 0.15) is 16.8 Å². The molecule has 1 amide bonds. The highest BCUT2D eigenvalue weighted by Gasteiger charge is 2.39. The first-order valence-corrected chi connectivity index (χ1v) is 6.35. The molecule has 7 heteroatoms. The van der Waals surface area contributed by atoms with Gasteiger partial charge < -0.3 is 15.1 Å². The van der Waals surface area contributed by atoms with Crippen LogP contribution in [0, 0.1) is 5.82 Å². The van der Waals surface area contributed by atoms with Crippen molar-refractivity contribution in [1.29, 1.82) is 0 Å². The van der Waals surface area contributed by atoms with Crippen LogP contribution in [0.25, 0.3) is 0 Å². The fourth-order valence-electron chi connectivity index (χ4n) is 2.12. The zero-order valence-corrected chi connectivity index (χ0v) is 11.3. The fraction of sp³-hybridized carbons (Fsp3) is 0.333. The Morgan fingerprint density at radius 3 is 2.63 bits per heavy atom. The number of rotatable bonds is 2. The highest BCUT2D eigenvalue weighted by Crippen LogP contribution is 2.23. The number of carbonyl (C=O) groups is 2. The summed E-state index contributed by atoms with van der Waals surface area (Å²) < 4.78 is 13.6. The lowest BCUT2D eigenvalue weighted by atomic mass is 10.1. The zero-order chi connectivity index (χ0) is 14.2. The Balaban J connectivity index is 2.30. The average Bonchev–Trinajstić information content (AvgIpc) is 2.69. The van der Waals surface area contributed by atoms with Crippen molar-refractivity contribution in [2.75, 3.05) is 6.54 Å². The maximum absolute atomic E-state index is 13.2. The third-order valence-electron chi connectivity index (χ3n) is 2.93. The van der Waals surface area contributed by atoms with Gasteiger partial charge in [0.1, 0.15) is 11.9 Å². The van der Waals surface area contributed by atoms with Crippen molar-refractivity contribution >= 4 is 27.8 Å². The Morgan fingerprint density at radius 2 is 2.05 bits per heavy atom. The summed E-state index contributed by atoms with van der Waals surface area (Å²) in [7, 11) is 0. The first kappa shape index (κ1) is 14.0. The Kier molecular flexibility index (Phi) is 3.86. The van der Waals surface area contributed by atoms with Gasteiger partial charge in [0.15, 0.2) is 0 Å². The minimum absolute atomic E-state index is 0.0163. The molecule has 0 unspecified atom stereocenters. The highest BCUT2D eigenvalue weighted by molar-refractivity contribution is 9.10. The van der Waals surface area contributed by atoms with Crippen LogP contribution in [0.15, 0.2) is 22.7 Å². The molecular weight excluding hydrogens is 321 g/mol. The number of likely N-dealkylation sites (tertiary alicyclic amines) is 1. The summed E-state index contributed by atoms with van der Waals surface area (Å²) in [5.74, 6) is -2.38. The number of aliphatic hydroxyl groups is 1. The lowest BCUT2D eigenvalue weighted by molar-refractivity contribution is -0.141. The number of aliphatic carboxylic acids is 1. The molecule has 0 aromatic heterocycles.